The highest BCUT2D eigenvalue weighted by atomic mass is 32.2. The molecule has 6 nitrogen and oxygen atoms in total. The topological polar surface area (TPSA) is 78.9 Å². The summed E-state index contributed by atoms with van der Waals surface area (Å²) in [6.07, 6.45) is 1.06. The molecule has 0 bridgehead atoms. The minimum Gasteiger partial charge on any atom is -0.456 e. The normalized spacial score (nSPS) is 19.5. The summed E-state index contributed by atoms with van der Waals surface area (Å²) in [7, 11) is -4.37. The molecule has 2 rings (SSSR count). The van der Waals surface area contributed by atoms with Gasteiger partial charge in [-0.25, -0.2) is 13.2 Å². The minimum atomic E-state index is -3.66. The third-order valence-electron chi connectivity index (χ3n) is 4.55. The summed E-state index contributed by atoms with van der Waals surface area (Å²) >= 11 is 0. The van der Waals surface area contributed by atoms with Crippen molar-refractivity contribution in [1.29, 1.82) is 0 Å². The van der Waals surface area contributed by atoms with Gasteiger partial charge in [0.2, 0.25) is 0 Å². The van der Waals surface area contributed by atoms with Crippen molar-refractivity contribution in [3.05, 3.63) is 23.8 Å². The van der Waals surface area contributed by atoms with Crippen LogP contribution < -0.4 is 5.46 Å². The molecule has 0 atom stereocenters. The SMILES string of the molecule is CC(C)(C)OC(=O)c1ccc(B2OC(C)(C)C(C)(C)O2)cc1S(C)(=O)=O. The van der Waals surface area contributed by atoms with Crippen LogP contribution in [0.1, 0.15) is 58.8 Å². The summed E-state index contributed by atoms with van der Waals surface area (Å²) in [5.74, 6) is -0.682. The number of hydrogen-bond acceptors (Lipinski definition) is 6. The molecule has 0 aliphatic carbocycles. The van der Waals surface area contributed by atoms with Crippen LogP contribution in [-0.4, -0.2) is 44.6 Å². The van der Waals surface area contributed by atoms with E-state index in [0.29, 0.717) is 5.46 Å². The Morgan fingerprint density at radius 2 is 1.58 bits per heavy atom. The second kappa shape index (κ2) is 6.35. The number of carbonyl (C=O) groups excluding carboxylic acids is 1. The fourth-order valence-electron chi connectivity index (χ4n) is 2.47. The van der Waals surface area contributed by atoms with Gasteiger partial charge in [0.05, 0.1) is 21.7 Å². The van der Waals surface area contributed by atoms with Crippen LogP contribution in [0.3, 0.4) is 0 Å². The molecule has 1 aliphatic heterocycles. The van der Waals surface area contributed by atoms with Crippen LogP contribution in [-0.2, 0) is 23.9 Å². The highest BCUT2D eigenvalue weighted by molar-refractivity contribution is 7.90. The summed E-state index contributed by atoms with van der Waals surface area (Å²) in [6, 6.07) is 4.51. The zero-order valence-corrected chi connectivity index (χ0v) is 17.5. The molecule has 0 amide bonds. The first-order valence-corrected chi connectivity index (χ1v) is 10.4. The molecule has 8 heteroatoms. The maximum atomic E-state index is 12.4. The molecule has 0 saturated carbocycles. The highest BCUT2D eigenvalue weighted by Crippen LogP contribution is 2.36. The van der Waals surface area contributed by atoms with Gasteiger partial charge in [-0.2, -0.15) is 0 Å². The predicted molar refractivity (Wildman–Crippen MR) is 100 cm³/mol. The van der Waals surface area contributed by atoms with Crippen molar-refractivity contribution >= 4 is 28.4 Å². The number of benzene rings is 1. The molecule has 26 heavy (non-hydrogen) atoms. The quantitative estimate of drug-likeness (QED) is 0.590. The number of carbonyl (C=O) groups is 1. The van der Waals surface area contributed by atoms with Crippen molar-refractivity contribution in [2.75, 3.05) is 6.26 Å². The second-order valence-electron chi connectivity index (χ2n) is 8.62. The Balaban J connectivity index is 2.47. The Kier molecular flexibility index (Phi) is 5.12. The molecule has 1 aliphatic rings. The third-order valence-corrected chi connectivity index (χ3v) is 5.69. The van der Waals surface area contributed by atoms with E-state index in [0.717, 1.165) is 6.26 Å². The summed E-state index contributed by atoms with van der Waals surface area (Å²) < 4.78 is 41.8. The smallest absolute Gasteiger partial charge is 0.456 e. The molecule has 0 N–H and O–H groups in total. The van der Waals surface area contributed by atoms with E-state index in [-0.39, 0.29) is 10.5 Å². The molecule has 1 aromatic rings. The van der Waals surface area contributed by atoms with Crippen molar-refractivity contribution < 1.29 is 27.3 Å². The molecule has 1 aromatic carbocycles. The first kappa shape index (κ1) is 20.9. The molecule has 0 aromatic heterocycles. The molecule has 0 radical (unpaired) electrons. The number of rotatable bonds is 3. The van der Waals surface area contributed by atoms with Gasteiger partial charge in [0.1, 0.15) is 5.60 Å². The van der Waals surface area contributed by atoms with Gasteiger partial charge in [-0.1, -0.05) is 6.07 Å². The lowest BCUT2D eigenvalue weighted by Gasteiger charge is -2.32. The monoisotopic (exact) mass is 382 g/mol. The van der Waals surface area contributed by atoms with Gasteiger partial charge in [-0.3, -0.25) is 0 Å². The molecule has 0 spiro atoms. The van der Waals surface area contributed by atoms with Crippen LogP contribution in [0.25, 0.3) is 0 Å². The van der Waals surface area contributed by atoms with E-state index < -0.39 is 39.7 Å². The summed E-state index contributed by atoms with van der Waals surface area (Å²) in [5.41, 5.74) is -1.28. The fourth-order valence-corrected chi connectivity index (χ4v) is 3.37. The van der Waals surface area contributed by atoms with Crippen molar-refractivity contribution in [3.63, 3.8) is 0 Å². The van der Waals surface area contributed by atoms with Gasteiger partial charge in [-0.15, -0.1) is 0 Å². The average Bonchev–Trinajstić information content (AvgIpc) is 2.64. The minimum absolute atomic E-state index is 0.00249. The zero-order valence-electron chi connectivity index (χ0n) is 16.7. The van der Waals surface area contributed by atoms with E-state index in [1.807, 2.05) is 27.7 Å². The molecule has 1 fully saturated rings. The Morgan fingerprint density at radius 1 is 1.08 bits per heavy atom. The molecule has 1 saturated heterocycles. The van der Waals surface area contributed by atoms with Gasteiger partial charge < -0.3 is 14.0 Å². The molecular weight excluding hydrogens is 355 g/mol. The van der Waals surface area contributed by atoms with Gasteiger partial charge in [0.15, 0.2) is 9.84 Å². The summed E-state index contributed by atoms with van der Waals surface area (Å²) in [4.78, 5) is 12.3. The van der Waals surface area contributed by atoms with E-state index >= 15 is 0 Å². The Bertz CT molecular complexity index is 805. The van der Waals surface area contributed by atoms with E-state index in [1.54, 1.807) is 26.8 Å². The Morgan fingerprint density at radius 3 is 2.00 bits per heavy atom. The highest BCUT2D eigenvalue weighted by Gasteiger charge is 2.51. The van der Waals surface area contributed by atoms with Crippen LogP contribution >= 0.6 is 0 Å². The average molecular weight is 382 g/mol. The maximum Gasteiger partial charge on any atom is 0.494 e. The first-order valence-electron chi connectivity index (χ1n) is 8.46. The maximum absolute atomic E-state index is 12.4. The Labute approximate surface area is 156 Å². The summed E-state index contributed by atoms with van der Waals surface area (Å²) in [6.45, 7) is 12.8. The van der Waals surface area contributed by atoms with Gasteiger partial charge in [0.25, 0.3) is 0 Å². The fraction of sp³-hybridized carbons (Fsp3) is 0.611. The van der Waals surface area contributed by atoms with Gasteiger partial charge in [0, 0.05) is 6.26 Å². The van der Waals surface area contributed by atoms with Crippen LogP contribution in [0, 0.1) is 0 Å². The molecule has 1 heterocycles. The zero-order chi connectivity index (χ0) is 20.1. The van der Waals surface area contributed by atoms with E-state index in [1.165, 1.54) is 12.1 Å². The number of esters is 1. The summed E-state index contributed by atoms with van der Waals surface area (Å²) in [5, 5.41) is 0. The van der Waals surface area contributed by atoms with E-state index in [4.69, 9.17) is 14.0 Å². The standard InChI is InChI=1S/C18H27BO6S/c1-16(2,3)23-15(20)13-10-9-12(11-14(13)26(8,21)22)19-24-17(4,5)18(6,7)25-19/h9-11H,1-8H3. The van der Waals surface area contributed by atoms with Crippen molar-refractivity contribution in [1.82, 2.24) is 0 Å². The lowest BCUT2D eigenvalue weighted by atomic mass is 9.79. The predicted octanol–water partition coefficient (Wildman–Crippen LogP) is 2.34. The van der Waals surface area contributed by atoms with Crippen molar-refractivity contribution in [2.45, 2.75) is 70.2 Å². The number of sulfone groups is 1. The van der Waals surface area contributed by atoms with Crippen molar-refractivity contribution in [3.8, 4) is 0 Å². The lowest BCUT2D eigenvalue weighted by molar-refractivity contribution is 0.00578. The lowest BCUT2D eigenvalue weighted by Crippen LogP contribution is -2.41. The largest absolute Gasteiger partial charge is 0.494 e. The van der Waals surface area contributed by atoms with Gasteiger partial charge in [-0.05, 0) is 66.1 Å². The van der Waals surface area contributed by atoms with Crippen molar-refractivity contribution in [2.24, 2.45) is 0 Å². The molecule has 144 valence electrons. The van der Waals surface area contributed by atoms with Crippen LogP contribution in [0.15, 0.2) is 23.1 Å². The van der Waals surface area contributed by atoms with Crippen LogP contribution in [0.2, 0.25) is 0 Å². The van der Waals surface area contributed by atoms with E-state index in [9.17, 15) is 13.2 Å². The number of ether oxygens (including phenoxy) is 1. The van der Waals surface area contributed by atoms with Crippen LogP contribution in [0.4, 0.5) is 0 Å². The molecule has 0 unspecified atom stereocenters. The Hall–Kier alpha value is -1.38. The van der Waals surface area contributed by atoms with Crippen LogP contribution in [0.5, 0.6) is 0 Å². The third kappa shape index (κ3) is 4.30. The van der Waals surface area contributed by atoms with Gasteiger partial charge >= 0.3 is 13.1 Å². The second-order valence-corrected chi connectivity index (χ2v) is 10.6. The number of hydrogen-bond donors (Lipinski definition) is 0. The first-order chi connectivity index (χ1) is 11.5. The molecular formula is C18H27BO6S. The van der Waals surface area contributed by atoms with E-state index in [2.05, 4.69) is 0 Å².